The van der Waals surface area contributed by atoms with Crippen LogP contribution >= 0.6 is 11.3 Å². The van der Waals surface area contributed by atoms with Crippen molar-refractivity contribution in [2.45, 2.75) is 39.7 Å². The monoisotopic (exact) mass is 461 g/mol. The Morgan fingerprint density at radius 2 is 1.79 bits per heavy atom. The maximum Gasteiger partial charge on any atom is 0.322 e. The van der Waals surface area contributed by atoms with Gasteiger partial charge in [-0.2, -0.15) is 0 Å². The van der Waals surface area contributed by atoms with Crippen molar-refractivity contribution in [3.63, 3.8) is 0 Å². The number of nitrogens with zero attached hydrogens (tertiary/aromatic N) is 2. The Hall–Kier alpha value is -3.12. The molecule has 1 aromatic heterocycles. The maximum atomic E-state index is 13.6. The second-order valence-electron chi connectivity index (χ2n) is 8.57. The first-order valence-corrected chi connectivity index (χ1v) is 12.4. The van der Waals surface area contributed by atoms with Gasteiger partial charge in [0.05, 0.1) is 6.04 Å². The predicted octanol–water partition coefficient (Wildman–Crippen LogP) is 5.78. The molecule has 0 bridgehead atoms. The van der Waals surface area contributed by atoms with Crippen molar-refractivity contribution in [1.29, 1.82) is 0 Å². The van der Waals surface area contributed by atoms with Crippen LogP contribution in [0.5, 0.6) is 0 Å². The van der Waals surface area contributed by atoms with Gasteiger partial charge in [-0.25, -0.2) is 4.79 Å². The molecule has 1 unspecified atom stereocenters. The van der Waals surface area contributed by atoms with Gasteiger partial charge in [0.25, 0.3) is 0 Å². The molecule has 1 N–H and O–H groups in total. The highest BCUT2D eigenvalue weighted by atomic mass is 32.1. The van der Waals surface area contributed by atoms with Gasteiger partial charge in [-0.1, -0.05) is 55.5 Å². The van der Waals surface area contributed by atoms with Gasteiger partial charge in [0, 0.05) is 23.7 Å². The number of hydrogen-bond donors (Lipinski definition) is 1. The van der Waals surface area contributed by atoms with Crippen LogP contribution in [-0.4, -0.2) is 41.4 Å². The van der Waals surface area contributed by atoms with Gasteiger partial charge in [0.2, 0.25) is 5.91 Å². The van der Waals surface area contributed by atoms with E-state index in [1.54, 1.807) is 16.2 Å². The third kappa shape index (κ3) is 4.96. The average molecular weight is 462 g/mol. The second kappa shape index (κ2) is 10.2. The molecule has 0 saturated heterocycles. The molecule has 1 aliphatic rings. The molecule has 2 aromatic carbocycles. The summed E-state index contributed by atoms with van der Waals surface area (Å²) in [5, 5.41) is 5.15. The van der Waals surface area contributed by atoms with E-state index in [0.717, 1.165) is 35.2 Å². The van der Waals surface area contributed by atoms with Crippen LogP contribution < -0.4 is 5.32 Å². The molecule has 3 aromatic rings. The zero-order chi connectivity index (χ0) is 23.4. The number of aryl methyl sites for hydroxylation is 2. The van der Waals surface area contributed by atoms with Gasteiger partial charge < -0.3 is 15.1 Å². The van der Waals surface area contributed by atoms with Crippen LogP contribution in [0.3, 0.4) is 0 Å². The van der Waals surface area contributed by atoms with Gasteiger partial charge in [-0.15, -0.1) is 11.3 Å². The molecule has 5 nitrogen and oxygen atoms in total. The number of fused-ring (bicyclic) bond motifs is 1. The summed E-state index contributed by atoms with van der Waals surface area (Å²) in [7, 11) is 0. The number of anilines is 1. The summed E-state index contributed by atoms with van der Waals surface area (Å²) in [4.78, 5) is 31.7. The molecule has 0 spiro atoms. The summed E-state index contributed by atoms with van der Waals surface area (Å²) in [6.07, 6.45) is 1.63. The normalized spacial score (nSPS) is 15.1. The van der Waals surface area contributed by atoms with Crippen molar-refractivity contribution in [3.8, 4) is 0 Å². The molecule has 0 aliphatic carbocycles. The second-order valence-corrected chi connectivity index (χ2v) is 9.57. The number of carbonyl (C=O) groups excluding carboxylic acids is 2. The van der Waals surface area contributed by atoms with E-state index in [1.165, 1.54) is 10.4 Å². The first kappa shape index (κ1) is 23.1. The van der Waals surface area contributed by atoms with E-state index >= 15 is 0 Å². The Balaban J connectivity index is 1.56. The number of rotatable bonds is 6. The predicted molar refractivity (Wildman–Crippen MR) is 135 cm³/mol. The van der Waals surface area contributed by atoms with Gasteiger partial charge in [0.15, 0.2) is 0 Å². The molecule has 4 rings (SSSR count). The average Bonchev–Trinajstić information content (AvgIpc) is 3.30. The Kier molecular flexibility index (Phi) is 7.14. The molecular weight excluding hydrogens is 430 g/mol. The van der Waals surface area contributed by atoms with Crippen molar-refractivity contribution < 1.29 is 9.59 Å². The molecule has 0 saturated carbocycles. The van der Waals surface area contributed by atoms with E-state index in [4.69, 9.17) is 0 Å². The Labute approximate surface area is 200 Å². The number of carbonyl (C=O) groups is 2. The Bertz CT molecular complexity index is 1110. The summed E-state index contributed by atoms with van der Waals surface area (Å²) < 4.78 is 0. The molecule has 1 aliphatic heterocycles. The summed E-state index contributed by atoms with van der Waals surface area (Å²) in [5.74, 6) is -0.0224. The highest BCUT2D eigenvalue weighted by Crippen LogP contribution is 2.37. The van der Waals surface area contributed by atoms with Crippen LogP contribution in [0.15, 0.2) is 60.0 Å². The third-order valence-corrected chi connectivity index (χ3v) is 7.22. The number of thiophene rings is 1. The van der Waals surface area contributed by atoms with Crippen molar-refractivity contribution in [2.75, 3.05) is 25.0 Å². The van der Waals surface area contributed by atoms with Crippen LogP contribution in [0.1, 0.15) is 46.5 Å². The Morgan fingerprint density at radius 3 is 2.48 bits per heavy atom. The fourth-order valence-electron chi connectivity index (χ4n) is 4.55. The molecule has 172 valence electrons. The number of nitrogens with one attached hydrogen (secondary N) is 1. The highest BCUT2D eigenvalue weighted by Gasteiger charge is 2.33. The first-order valence-electron chi connectivity index (χ1n) is 11.5. The van der Waals surface area contributed by atoms with E-state index < -0.39 is 0 Å². The SMILES string of the molecule is CCCN(CC(=O)N1CCc2sccc2C1c1ccccc1)C(=O)Nc1c(C)cccc1C. The lowest BCUT2D eigenvalue weighted by Crippen LogP contribution is -2.48. The number of hydrogen-bond acceptors (Lipinski definition) is 3. The van der Waals surface area contributed by atoms with Crippen LogP contribution in [0.4, 0.5) is 10.5 Å². The smallest absolute Gasteiger partial charge is 0.322 e. The van der Waals surface area contributed by atoms with E-state index in [-0.39, 0.29) is 24.5 Å². The fourth-order valence-corrected chi connectivity index (χ4v) is 5.46. The van der Waals surface area contributed by atoms with E-state index in [9.17, 15) is 9.59 Å². The van der Waals surface area contributed by atoms with E-state index in [2.05, 4.69) is 28.9 Å². The third-order valence-electron chi connectivity index (χ3n) is 6.22. The van der Waals surface area contributed by atoms with Crippen molar-refractivity contribution in [3.05, 3.63) is 87.1 Å². The minimum atomic E-state index is -0.230. The van der Waals surface area contributed by atoms with Crippen molar-refractivity contribution >= 4 is 29.0 Å². The van der Waals surface area contributed by atoms with E-state index in [0.29, 0.717) is 13.1 Å². The zero-order valence-electron chi connectivity index (χ0n) is 19.5. The quantitative estimate of drug-likeness (QED) is 0.506. The maximum absolute atomic E-state index is 13.6. The summed E-state index contributed by atoms with van der Waals surface area (Å²) in [6, 6.07) is 17.9. The molecule has 0 radical (unpaired) electrons. The molecule has 1 atom stereocenters. The van der Waals surface area contributed by atoms with Gasteiger partial charge in [-0.05, 0) is 60.4 Å². The highest BCUT2D eigenvalue weighted by molar-refractivity contribution is 7.10. The molecular formula is C27H31N3O2S. The minimum absolute atomic E-state index is 0.0224. The van der Waals surface area contributed by atoms with Crippen molar-refractivity contribution in [2.24, 2.45) is 0 Å². The summed E-state index contributed by atoms with van der Waals surface area (Å²) in [5.41, 5.74) is 5.15. The summed E-state index contributed by atoms with van der Waals surface area (Å²) >= 11 is 1.76. The number of para-hydroxylation sites is 1. The largest absolute Gasteiger partial charge is 0.330 e. The van der Waals surface area contributed by atoms with Crippen LogP contribution in [0, 0.1) is 13.8 Å². The molecule has 0 fully saturated rings. The van der Waals surface area contributed by atoms with Gasteiger partial charge in [0.1, 0.15) is 6.54 Å². The minimum Gasteiger partial charge on any atom is -0.330 e. The van der Waals surface area contributed by atoms with E-state index in [1.807, 2.05) is 62.1 Å². The standard InChI is InChI=1S/C27H31N3O2S/c1-4-15-29(27(32)28-25-19(2)9-8-10-20(25)3)18-24(31)30-16-13-23-22(14-17-33-23)26(30)21-11-6-5-7-12-21/h5-12,14,17,26H,4,13,15-16,18H2,1-3H3,(H,28,32). The first-order chi connectivity index (χ1) is 16.0. The van der Waals surface area contributed by atoms with Gasteiger partial charge >= 0.3 is 6.03 Å². The molecule has 33 heavy (non-hydrogen) atoms. The summed E-state index contributed by atoms with van der Waals surface area (Å²) in [6.45, 7) is 7.23. The number of urea groups is 1. The topological polar surface area (TPSA) is 52.7 Å². The zero-order valence-corrected chi connectivity index (χ0v) is 20.3. The van der Waals surface area contributed by atoms with Crippen LogP contribution in [0.2, 0.25) is 0 Å². The lowest BCUT2D eigenvalue weighted by molar-refractivity contribution is -0.133. The van der Waals surface area contributed by atoms with Crippen molar-refractivity contribution in [1.82, 2.24) is 9.80 Å². The fraction of sp³-hybridized carbons (Fsp3) is 0.333. The molecule has 6 heteroatoms. The van der Waals surface area contributed by atoms with Gasteiger partial charge in [-0.3, -0.25) is 4.79 Å². The molecule has 3 amide bonds. The van der Waals surface area contributed by atoms with Crippen LogP contribution in [0.25, 0.3) is 0 Å². The van der Waals surface area contributed by atoms with Crippen LogP contribution in [-0.2, 0) is 11.2 Å². The Morgan fingerprint density at radius 1 is 1.06 bits per heavy atom. The number of amides is 3. The lowest BCUT2D eigenvalue weighted by Gasteiger charge is -2.37. The number of benzene rings is 2. The lowest BCUT2D eigenvalue weighted by atomic mass is 9.93. The molecule has 2 heterocycles.